The van der Waals surface area contributed by atoms with Crippen molar-refractivity contribution in [1.82, 2.24) is 5.59 Å². The van der Waals surface area contributed by atoms with Crippen molar-refractivity contribution in [3.8, 4) is 11.8 Å². The van der Waals surface area contributed by atoms with Crippen LogP contribution >= 0.6 is 0 Å². The molecule has 0 aromatic heterocycles. The monoisotopic (exact) mass is 370 g/mol. The minimum Gasteiger partial charge on any atom is -0.363 e. The molecule has 0 saturated heterocycles. The van der Waals surface area contributed by atoms with E-state index in [2.05, 4.69) is 32.4 Å². The smallest absolute Gasteiger partial charge is 0.164 e. The summed E-state index contributed by atoms with van der Waals surface area (Å²) in [6.45, 7) is 0. The van der Waals surface area contributed by atoms with Gasteiger partial charge in [-0.25, -0.2) is 0 Å². The average Bonchev–Trinajstić information content (AvgIpc) is 2.72. The molecule has 0 saturated carbocycles. The maximum absolute atomic E-state index is 9.09. The first kappa shape index (κ1) is 20.0. The van der Waals surface area contributed by atoms with Crippen LogP contribution in [0, 0.1) is 11.3 Å². The Morgan fingerprint density at radius 2 is 1.57 bits per heavy atom. The minimum atomic E-state index is 0.526. The first-order chi connectivity index (χ1) is 13.9. The highest BCUT2D eigenvalue weighted by molar-refractivity contribution is 5.58. The van der Waals surface area contributed by atoms with Gasteiger partial charge >= 0.3 is 0 Å². The molecule has 2 rings (SSSR count). The second-order valence-corrected chi connectivity index (χ2v) is 5.07. The molecule has 0 atom stereocenters. The molecular formula is C21H18N6O. The zero-order valence-corrected chi connectivity index (χ0v) is 15.0. The second-order valence-electron chi connectivity index (χ2n) is 5.07. The number of benzene rings is 1. The molecule has 1 aliphatic rings. The van der Waals surface area contributed by atoms with Crippen molar-refractivity contribution in [2.45, 2.75) is 0 Å². The molecule has 1 aliphatic heterocycles. The van der Waals surface area contributed by atoms with Crippen LogP contribution in [-0.2, 0) is 0 Å². The van der Waals surface area contributed by atoms with E-state index in [9.17, 15) is 0 Å². The Bertz CT molecular complexity index is 940. The van der Waals surface area contributed by atoms with Crippen molar-refractivity contribution in [3.05, 3.63) is 108 Å². The fraction of sp³-hybridized carbons (Fsp3) is 0. The average molecular weight is 370 g/mol. The van der Waals surface area contributed by atoms with E-state index in [4.69, 9.17) is 10.1 Å². The van der Waals surface area contributed by atoms with Gasteiger partial charge in [-0.1, -0.05) is 72.9 Å². The molecule has 0 fully saturated rings. The number of nitrogens with one attached hydrogen (secondary N) is 1. The summed E-state index contributed by atoms with van der Waals surface area (Å²) in [5.41, 5.74) is 3.74. The Morgan fingerprint density at radius 3 is 2.43 bits per heavy atom. The summed E-state index contributed by atoms with van der Waals surface area (Å²) in [6.07, 6.45) is 23.0. The van der Waals surface area contributed by atoms with E-state index >= 15 is 0 Å². The summed E-state index contributed by atoms with van der Waals surface area (Å²) >= 11 is 0. The third-order valence-corrected chi connectivity index (χ3v) is 3.14. The summed E-state index contributed by atoms with van der Waals surface area (Å²) in [5.74, 6) is 0.588. The first-order valence-corrected chi connectivity index (χ1v) is 8.32. The fourth-order valence-electron chi connectivity index (χ4n) is 1.89. The molecule has 1 heterocycles. The molecule has 1 N–H and O–H groups in total. The van der Waals surface area contributed by atoms with Crippen molar-refractivity contribution < 1.29 is 4.84 Å². The SMILES string of the molecule is N#CC1=C/C=C\C=C/N=N\N=N/NOc2ccccc2\C=C/C=C\C=C/C=C\1. The van der Waals surface area contributed by atoms with Gasteiger partial charge in [-0.2, -0.15) is 5.26 Å². The van der Waals surface area contributed by atoms with Gasteiger partial charge < -0.3 is 4.84 Å². The molecule has 1 aromatic rings. The van der Waals surface area contributed by atoms with Crippen LogP contribution in [0.25, 0.3) is 6.08 Å². The first-order valence-electron chi connectivity index (χ1n) is 8.32. The number of nitriles is 1. The predicted octanol–water partition coefficient (Wildman–Crippen LogP) is 5.52. The van der Waals surface area contributed by atoms with Gasteiger partial charge in [0.1, 0.15) is 0 Å². The summed E-state index contributed by atoms with van der Waals surface area (Å²) in [7, 11) is 0. The van der Waals surface area contributed by atoms with E-state index in [0.717, 1.165) is 5.56 Å². The van der Waals surface area contributed by atoms with Gasteiger partial charge in [-0.3, -0.25) is 0 Å². The lowest BCUT2D eigenvalue weighted by molar-refractivity contribution is 0.190. The molecular weight excluding hydrogens is 352 g/mol. The van der Waals surface area contributed by atoms with Crippen LogP contribution in [-0.4, -0.2) is 0 Å². The van der Waals surface area contributed by atoms with Gasteiger partial charge in [-0.15, -0.1) is 10.7 Å². The number of allylic oxidation sites excluding steroid dienone is 12. The summed E-state index contributed by atoms with van der Waals surface area (Å²) in [4.78, 5) is 5.35. The number of rotatable bonds is 0. The molecule has 0 spiro atoms. The van der Waals surface area contributed by atoms with Crippen molar-refractivity contribution in [1.29, 1.82) is 5.26 Å². The lowest BCUT2D eigenvalue weighted by Crippen LogP contribution is -2.10. The Morgan fingerprint density at radius 1 is 0.821 bits per heavy atom. The van der Waals surface area contributed by atoms with Crippen molar-refractivity contribution in [2.24, 2.45) is 20.8 Å². The van der Waals surface area contributed by atoms with Crippen LogP contribution < -0.4 is 10.4 Å². The number of fused-ring (bicyclic) bond motifs is 1. The molecule has 138 valence electrons. The standard InChI is InChI=1S/C21H18N6O/c22-18-19-12-6-3-1-2-4-8-14-20-15-9-10-16-21(20)28-27-26-25-24-23-17-11-5-7-13-19/h1-17H,(H,23,25,27)/b3-1-,4-2-,7-5-,12-6-,14-8-,17-11-,19-13+. The largest absolute Gasteiger partial charge is 0.363 e. The van der Waals surface area contributed by atoms with Crippen LogP contribution in [0.3, 0.4) is 0 Å². The third kappa shape index (κ3) is 8.18. The van der Waals surface area contributed by atoms with E-state index < -0.39 is 0 Å². The minimum absolute atomic E-state index is 0.526. The zero-order chi connectivity index (χ0) is 19.7. The van der Waals surface area contributed by atoms with Gasteiger partial charge in [0.25, 0.3) is 0 Å². The summed E-state index contributed by atoms with van der Waals surface area (Å²) in [5, 5.41) is 23.3. The predicted molar refractivity (Wildman–Crippen MR) is 108 cm³/mol. The lowest BCUT2D eigenvalue weighted by Gasteiger charge is -2.04. The van der Waals surface area contributed by atoms with Gasteiger partial charge in [0, 0.05) is 5.56 Å². The van der Waals surface area contributed by atoms with Gasteiger partial charge in [0.15, 0.2) is 5.75 Å². The molecule has 0 bridgehead atoms. The molecule has 28 heavy (non-hydrogen) atoms. The van der Waals surface area contributed by atoms with Gasteiger partial charge in [0.2, 0.25) is 0 Å². The van der Waals surface area contributed by atoms with Crippen molar-refractivity contribution >= 4 is 6.08 Å². The molecule has 0 unspecified atom stereocenters. The number of hydrogen-bond acceptors (Lipinski definition) is 7. The summed E-state index contributed by atoms with van der Waals surface area (Å²) < 4.78 is 0. The van der Waals surface area contributed by atoms with Crippen LogP contribution in [0.5, 0.6) is 5.75 Å². The maximum atomic E-state index is 9.09. The highest BCUT2D eigenvalue weighted by Gasteiger charge is 1.98. The zero-order valence-electron chi connectivity index (χ0n) is 15.0. The Hall–Kier alpha value is -4.31. The van der Waals surface area contributed by atoms with E-state index in [1.807, 2.05) is 54.7 Å². The summed E-state index contributed by atoms with van der Waals surface area (Å²) in [6, 6.07) is 9.57. The number of nitrogens with zero attached hydrogens (tertiary/aromatic N) is 5. The van der Waals surface area contributed by atoms with Crippen molar-refractivity contribution in [2.75, 3.05) is 0 Å². The molecule has 0 amide bonds. The molecule has 0 radical (unpaired) electrons. The van der Waals surface area contributed by atoms with Crippen LogP contribution in [0.1, 0.15) is 5.56 Å². The lowest BCUT2D eigenvalue weighted by atomic mass is 10.2. The van der Waals surface area contributed by atoms with Crippen LogP contribution in [0.4, 0.5) is 0 Å². The van der Waals surface area contributed by atoms with Crippen LogP contribution in [0.2, 0.25) is 0 Å². The second kappa shape index (κ2) is 13.0. The van der Waals surface area contributed by atoms with Gasteiger partial charge in [-0.05, 0) is 40.0 Å². The normalized spacial score (nSPS) is 25.8. The topological polar surface area (TPSA) is 94.5 Å². The molecule has 1 aromatic carbocycles. The number of hydrogen-bond donors (Lipinski definition) is 1. The molecule has 7 heteroatoms. The van der Waals surface area contributed by atoms with E-state index in [1.54, 1.807) is 42.5 Å². The third-order valence-electron chi connectivity index (χ3n) is 3.14. The van der Waals surface area contributed by atoms with E-state index in [0.29, 0.717) is 11.3 Å². The highest BCUT2D eigenvalue weighted by Crippen LogP contribution is 2.18. The van der Waals surface area contributed by atoms with Crippen molar-refractivity contribution in [3.63, 3.8) is 0 Å². The number of para-hydroxylation sites is 1. The van der Waals surface area contributed by atoms with E-state index in [1.165, 1.54) is 6.20 Å². The molecule has 0 aliphatic carbocycles. The van der Waals surface area contributed by atoms with Crippen LogP contribution in [0.15, 0.2) is 124 Å². The fourth-order valence-corrected chi connectivity index (χ4v) is 1.89. The molecule has 7 nitrogen and oxygen atoms in total. The van der Waals surface area contributed by atoms with Gasteiger partial charge in [0.05, 0.1) is 17.8 Å². The highest BCUT2D eigenvalue weighted by atomic mass is 16.7. The Balaban J connectivity index is 2.17. The Labute approximate surface area is 163 Å². The van der Waals surface area contributed by atoms with E-state index in [-0.39, 0.29) is 0 Å². The Kier molecular flexibility index (Phi) is 9.27. The quantitative estimate of drug-likeness (QED) is 0.651. The maximum Gasteiger partial charge on any atom is 0.164 e.